The molecule has 5 heteroatoms. The molecule has 3 aromatic carbocycles. The molecule has 33 heavy (non-hydrogen) atoms. The summed E-state index contributed by atoms with van der Waals surface area (Å²) in [5.74, 6) is 0.959. The molecule has 0 spiro atoms. The van der Waals surface area contributed by atoms with Crippen molar-refractivity contribution in [1.82, 2.24) is 4.90 Å². The van der Waals surface area contributed by atoms with E-state index in [0.717, 1.165) is 41.7 Å². The fourth-order valence-corrected chi connectivity index (χ4v) is 4.48. The third-order valence-electron chi connectivity index (χ3n) is 6.14. The third kappa shape index (κ3) is 5.20. The predicted octanol–water partition coefficient (Wildman–Crippen LogP) is 6.28. The maximum absolute atomic E-state index is 11.4. The molecular weight excluding hydrogens is 414 g/mol. The van der Waals surface area contributed by atoms with Crippen LogP contribution in [-0.2, 0) is 0 Å². The van der Waals surface area contributed by atoms with Gasteiger partial charge in [0, 0.05) is 6.54 Å². The standard InChI is InChI=1S/C28H29NO4/c1-2-26(20-7-4-3-5-8-20)27(21-10-14-24(30)15-11-21)22-12-16-25(17-13-22)33-19-23-9-6-18-29(23)28(31)32/h3-5,7-8,10-17,23,30H,2,6,9,18-19H2,1H3,(H,31,32)/t23-/m0/s1. The molecule has 170 valence electrons. The smallest absolute Gasteiger partial charge is 0.407 e. The lowest BCUT2D eigenvalue weighted by molar-refractivity contribution is 0.123. The van der Waals surface area contributed by atoms with Crippen LogP contribution >= 0.6 is 0 Å². The number of ether oxygens (including phenoxy) is 1. The second kappa shape index (κ2) is 10.3. The fraction of sp³-hybridized carbons (Fsp3) is 0.250. The maximum Gasteiger partial charge on any atom is 0.407 e. The highest BCUT2D eigenvalue weighted by Crippen LogP contribution is 2.35. The van der Waals surface area contributed by atoms with E-state index >= 15 is 0 Å². The van der Waals surface area contributed by atoms with Crippen molar-refractivity contribution in [2.24, 2.45) is 0 Å². The summed E-state index contributed by atoms with van der Waals surface area (Å²) >= 11 is 0. The van der Waals surface area contributed by atoms with E-state index in [1.807, 2.05) is 54.6 Å². The van der Waals surface area contributed by atoms with Crippen molar-refractivity contribution in [2.45, 2.75) is 32.2 Å². The Labute approximate surface area is 194 Å². The number of phenolic OH excluding ortho intramolecular Hbond substituents is 1. The van der Waals surface area contributed by atoms with Gasteiger partial charge in [0.15, 0.2) is 0 Å². The largest absolute Gasteiger partial charge is 0.508 e. The minimum atomic E-state index is -0.881. The number of phenols is 1. The zero-order valence-corrected chi connectivity index (χ0v) is 18.8. The molecule has 0 bridgehead atoms. The first-order valence-electron chi connectivity index (χ1n) is 11.4. The van der Waals surface area contributed by atoms with Crippen LogP contribution in [0.1, 0.15) is 42.9 Å². The Morgan fingerprint density at radius 1 is 0.939 bits per heavy atom. The second-order valence-corrected chi connectivity index (χ2v) is 8.23. The number of amides is 1. The number of benzene rings is 3. The Hall–Kier alpha value is -3.73. The van der Waals surface area contributed by atoms with Gasteiger partial charge in [-0.3, -0.25) is 0 Å². The Balaban J connectivity index is 1.63. The molecule has 5 nitrogen and oxygen atoms in total. The average Bonchev–Trinajstić information content (AvgIpc) is 3.32. The van der Waals surface area contributed by atoms with E-state index < -0.39 is 6.09 Å². The molecule has 1 aliphatic heterocycles. The first-order chi connectivity index (χ1) is 16.1. The van der Waals surface area contributed by atoms with E-state index in [-0.39, 0.29) is 11.8 Å². The topological polar surface area (TPSA) is 70.0 Å². The lowest BCUT2D eigenvalue weighted by Crippen LogP contribution is -2.37. The summed E-state index contributed by atoms with van der Waals surface area (Å²) in [5.41, 5.74) is 5.59. The Morgan fingerprint density at radius 2 is 1.58 bits per heavy atom. The Morgan fingerprint density at radius 3 is 2.18 bits per heavy atom. The number of carboxylic acid groups (broad SMARTS) is 1. The van der Waals surface area contributed by atoms with E-state index in [2.05, 4.69) is 19.1 Å². The number of nitrogens with zero attached hydrogens (tertiary/aromatic N) is 1. The van der Waals surface area contributed by atoms with Gasteiger partial charge in [0.1, 0.15) is 18.1 Å². The molecule has 1 heterocycles. The predicted molar refractivity (Wildman–Crippen MR) is 130 cm³/mol. The van der Waals surface area contributed by atoms with E-state index in [4.69, 9.17) is 4.74 Å². The molecule has 0 radical (unpaired) electrons. The van der Waals surface area contributed by atoms with Crippen LogP contribution in [0.25, 0.3) is 11.1 Å². The zero-order chi connectivity index (χ0) is 23.2. The van der Waals surface area contributed by atoms with Gasteiger partial charge in [0.05, 0.1) is 6.04 Å². The fourth-order valence-electron chi connectivity index (χ4n) is 4.48. The van der Waals surface area contributed by atoms with Crippen molar-refractivity contribution in [3.05, 3.63) is 95.6 Å². The number of aromatic hydroxyl groups is 1. The molecule has 1 amide bonds. The monoisotopic (exact) mass is 443 g/mol. The minimum Gasteiger partial charge on any atom is -0.508 e. The number of hydrogen-bond donors (Lipinski definition) is 2. The number of rotatable bonds is 7. The normalized spacial score (nSPS) is 16.4. The molecule has 0 saturated carbocycles. The third-order valence-corrected chi connectivity index (χ3v) is 6.14. The molecule has 1 atom stereocenters. The lowest BCUT2D eigenvalue weighted by Gasteiger charge is -2.22. The van der Waals surface area contributed by atoms with Gasteiger partial charge in [-0.2, -0.15) is 0 Å². The van der Waals surface area contributed by atoms with E-state index in [1.54, 1.807) is 12.1 Å². The van der Waals surface area contributed by atoms with Gasteiger partial charge in [-0.15, -0.1) is 0 Å². The summed E-state index contributed by atoms with van der Waals surface area (Å²) < 4.78 is 5.94. The van der Waals surface area contributed by atoms with Crippen LogP contribution in [-0.4, -0.2) is 40.4 Å². The highest BCUT2D eigenvalue weighted by Gasteiger charge is 2.28. The number of hydrogen-bond acceptors (Lipinski definition) is 3. The summed E-state index contributed by atoms with van der Waals surface area (Å²) in [6.07, 6.45) is 1.67. The van der Waals surface area contributed by atoms with E-state index in [0.29, 0.717) is 13.2 Å². The van der Waals surface area contributed by atoms with Crippen molar-refractivity contribution in [2.75, 3.05) is 13.2 Å². The molecule has 4 rings (SSSR count). The SMILES string of the molecule is CCC(=C(c1ccc(O)cc1)c1ccc(OC[C@@H]2CCCN2C(=O)O)cc1)c1ccccc1. The number of allylic oxidation sites excluding steroid dienone is 1. The molecule has 0 aliphatic carbocycles. The summed E-state index contributed by atoms with van der Waals surface area (Å²) in [5, 5.41) is 19.1. The summed E-state index contributed by atoms with van der Waals surface area (Å²) in [6.45, 7) is 3.08. The van der Waals surface area contributed by atoms with Gasteiger partial charge < -0.3 is 19.8 Å². The van der Waals surface area contributed by atoms with Crippen molar-refractivity contribution >= 4 is 17.2 Å². The van der Waals surface area contributed by atoms with E-state index in [9.17, 15) is 15.0 Å². The summed E-state index contributed by atoms with van der Waals surface area (Å²) in [4.78, 5) is 12.8. The van der Waals surface area contributed by atoms with Crippen LogP contribution < -0.4 is 4.74 Å². The average molecular weight is 444 g/mol. The Kier molecular flexibility index (Phi) is 6.98. The molecule has 2 N–H and O–H groups in total. The summed E-state index contributed by atoms with van der Waals surface area (Å²) in [7, 11) is 0. The van der Waals surface area contributed by atoms with Crippen molar-refractivity contribution in [3.8, 4) is 11.5 Å². The van der Waals surface area contributed by atoms with Gasteiger partial charge in [0.2, 0.25) is 0 Å². The molecule has 0 aromatic heterocycles. The van der Waals surface area contributed by atoms with Crippen LogP contribution in [0.3, 0.4) is 0 Å². The molecular formula is C28H29NO4. The van der Waals surface area contributed by atoms with E-state index in [1.165, 1.54) is 16.0 Å². The number of likely N-dealkylation sites (tertiary alicyclic amines) is 1. The van der Waals surface area contributed by atoms with Gasteiger partial charge in [-0.1, -0.05) is 61.5 Å². The highest BCUT2D eigenvalue weighted by atomic mass is 16.5. The van der Waals surface area contributed by atoms with Crippen LogP contribution in [0, 0.1) is 0 Å². The van der Waals surface area contributed by atoms with Gasteiger partial charge in [0.25, 0.3) is 0 Å². The van der Waals surface area contributed by atoms with Crippen LogP contribution in [0.2, 0.25) is 0 Å². The quantitative estimate of drug-likeness (QED) is 0.422. The van der Waals surface area contributed by atoms with Crippen molar-refractivity contribution < 1.29 is 19.7 Å². The van der Waals surface area contributed by atoms with Crippen LogP contribution in [0.15, 0.2) is 78.9 Å². The minimum absolute atomic E-state index is 0.0978. The Bertz CT molecular complexity index is 1100. The molecule has 3 aromatic rings. The number of carbonyl (C=O) groups is 1. The van der Waals surface area contributed by atoms with Crippen molar-refractivity contribution in [1.29, 1.82) is 0 Å². The first-order valence-corrected chi connectivity index (χ1v) is 11.4. The van der Waals surface area contributed by atoms with Crippen molar-refractivity contribution in [3.63, 3.8) is 0 Å². The molecule has 1 fully saturated rings. The molecule has 1 aliphatic rings. The van der Waals surface area contributed by atoms with Gasteiger partial charge >= 0.3 is 6.09 Å². The van der Waals surface area contributed by atoms with Gasteiger partial charge in [-0.25, -0.2) is 4.79 Å². The maximum atomic E-state index is 11.4. The van der Waals surface area contributed by atoms with Gasteiger partial charge in [-0.05, 0) is 71.4 Å². The zero-order valence-electron chi connectivity index (χ0n) is 18.8. The van der Waals surface area contributed by atoms with Crippen LogP contribution in [0.5, 0.6) is 11.5 Å². The lowest BCUT2D eigenvalue weighted by atomic mass is 9.88. The first kappa shape index (κ1) is 22.5. The summed E-state index contributed by atoms with van der Waals surface area (Å²) in [6, 6.07) is 25.5. The second-order valence-electron chi connectivity index (χ2n) is 8.23. The highest BCUT2D eigenvalue weighted by molar-refractivity contribution is 5.98. The van der Waals surface area contributed by atoms with Crippen LogP contribution in [0.4, 0.5) is 4.79 Å². The molecule has 1 saturated heterocycles. The molecule has 0 unspecified atom stereocenters.